The van der Waals surface area contributed by atoms with Gasteiger partial charge in [-0.3, -0.25) is 9.62 Å². The van der Waals surface area contributed by atoms with Crippen molar-refractivity contribution in [3.8, 4) is 6.19 Å². The first-order valence-corrected chi connectivity index (χ1v) is 10.2. The van der Waals surface area contributed by atoms with Crippen LogP contribution in [0.4, 0.5) is 11.4 Å². The van der Waals surface area contributed by atoms with Gasteiger partial charge in [-0.1, -0.05) is 42.1 Å². The minimum atomic E-state index is -3.80. The Morgan fingerprint density at radius 3 is 2.44 bits per heavy atom. The molecule has 0 aliphatic heterocycles. The maximum Gasteiger partial charge on any atom is 0.266 e. The van der Waals surface area contributed by atoms with E-state index in [1.54, 1.807) is 61.8 Å². The quantitative estimate of drug-likeness (QED) is 0.375. The second-order valence-electron chi connectivity index (χ2n) is 4.83. The first-order valence-electron chi connectivity index (χ1n) is 7.49. The van der Waals surface area contributed by atoms with Crippen molar-refractivity contribution < 1.29 is 8.42 Å². The molecule has 0 radical (unpaired) electrons. The van der Waals surface area contributed by atoms with Gasteiger partial charge in [0, 0.05) is 6.54 Å². The number of thioether (sulfide) groups is 1. The fourth-order valence-electron chi connectivity index (χ4n) is 2.25. The van der Waals surface area contributed by atoms with Crippen LogP contribution in [0, 0.1) is 11.5 Å². The van der Waals surface area contributed by atoms with Crippen LogP contribution in [0.25, 0.3) is 0 Å². The minimum Gasteiger partial charge on any atom is -0.271 e. The molecular weight excluding hydrogens is 356 g/mol. The number of nitriles is 1. The molecule has 0 aromatic heterocycles. The Bertz CT molecular complexity index is 890. The molecule has 6 nitrogen and oxygen atoms in total. The van der Waals surface area contributed by atoms with E-state index < -0.39 is 10.0 Å². The lowest BCUT2D eigenvalue weighted by Gasteiger charge is -2.23. The number of aliphatic imine (C=N–C) groups is 1. The maximum atomic E-state index is 13.2. The van der Waals surface area contributed by atoms with E-state index in [1.165, 1.54) is 22.1 Å². The van der Waals surface area contributed by atoms with E-state index in [9.17, 15) is 8.42 Å². The van der Waals surface area contributed by atoms with Gasteiger partial charge in [-0.2, -0.15) is 5.26 Å². The van der Waals surface area contributed by atoms with Crippen molar-refractivity contribution in [3.63, 3.8) is 0 Å². The van der Waals surface area contributed by atoms with E-state index in [0.29, 0.717) is 10.9 Å². The first kappa shape index (κ1) is 18.8. The fraction of sp³-hybridized carbons (Fsp3) is 0.176. The number of sulfonamides is 1. The first-order chi connectivity index (χ1) is 12.0. The van der Waals surface area contributed by atoms with Gasteiger partial charge in [-0.05, 0) is 37.4 Å². The van der Waals surface area contributed by atoms with Crippen molar-refractivity contribution in [2.45, 2.75) is 11.8 Å². The number of para-hydroxylation sites is 2. The second-order valence-corrected chi connectivity index (χ2v) is 7.46. The van der Waals surface area contributed by atoms with E-state index in [1.807, 2.05) is 6.07 Å². The number of hydrogen-bond donors (Lipinski definition) is 1. The average molecular weight is 374 g/mol. The smallest absolute Gasteiger partial charge is 0.266 e. The highest BCUT2D eigenvalue weighted by Gasteiger charge is 2.26. The highest BCUT2D eigenvalue weighted by molar-refractivity contribution is 8.13. The third-order valence-electron chi connectivity index (χ3n) is 3.34. The molecule has 0 saturated carbocycles. The van der Waals surface area contributed by atoms with Crippen LogP contribution in [0.3, 0.4) is 0 Å². The summed E-state index contributed by atoms with van der Waals surface area (Å²) in [6.07, 6.45) is 3.55. The van der Waals surface area contributed by atoms with E-state index in [-0.39, 0.29) is 17.1 Å². The molecule has 0 amide bonds. The Labute approximate surface area is 152 Å². The molecule has 0 atom stereocenters. The van der Waals surface area contributed by atoms with Crippen molar-refractivity contribution in [1.82, 2.24) is 5.32 Å². The third kappa shape index (κ3) is 4.32. The molecule has 0 aliphatic carbocycles. The fourth-order valence-corrected chi connectivity index (χ4v) is 4.20. The number of benzene rings is 2. The summed E-state index contributed by atoms with van der Waals surface area (Å²) in [7, 11) is -3.80. The lowest BCUT2D eigenvalue weighted by atomic mass is 10.3. The van der Waals surface area contributed by atoms with Crippen LogP contribution in [-0.2, 0) is 10.0 Å². The van der Waals surface area contributed by atoms with Gasteiger partial charge in [-0.25, -0.2) is 13.4 Å². The predicted molar refractivity (Wildman–Crippen MR) is 102 cm³/mol. The standard InChI is InChI=1S/C17H18N4O2S2/c1-3-21(14-9-5-4-6-10-14)25(22,23)16-12-8-7-11-15(16)20-17(24-2)19-13-18/h4-12H,3H2,1-2H3,(H,19,20). The Kier molecular flexibility index (Phi) is 6.44. The normalized spacial score (nSPS) is 11.6. The number of amidine groups is 1. The van der Waals surface area contributed by atoms with Crippen LogP contribution in [0.2, 0.25) is 0 Å². The molecule has 0 spiro atoms. The molecule has 1 N–H and O–H groups in total. The van der Waals surface area contributed by atoms with Gasteiger partial charge in [0.25, 0.3) is 10.0 Å². The Morgan fingerprint density at radius 1 is 1.20 bits per heavy atom. The topological polar surface area (TPSA) is 85.6 Å². The van der Waals surface area contributed by atoms with Gasteiger partial charge in [-0.15, -0.1) is 0 Å². The summed E-state index contributed by atoms with van der Waals surface area (Å²) in [4.78, 5) is 4.37. The highest BCUT2D eigenvalue weighted by atomic mass is 32.2. The van der Waals surface area contributed by atoms with Gasteiger partial charge in [0.1, 0.15) is 4.90 Å². The molecule has 0 fully saturated rings. The number of anilines is 1. The van der Waals surface area contributed by atoms with Crippen LogP contribution in [0.5, 0.6) is 0 Å². The van der Waals surface area contributed by atoms with Crippen LogP contribution >= 0.6 is 11.8 Å². The van der Waals surface area contributed by atoms with Gasteiger partial charge in [0.15, 0.2) is 11.4 Å². The molecule has 0 saturated heterocycles. The van der Waals surface area contributed by atoms with E-state index in [0.717, 1.165) is 0 Å². The van der Waals surface area contributed by atoms with Crippen molar-refractivity contribution in [2.75, 3.05) is 17.1 Å². The number of nitrogens with zero attached hydrogens (tertiary/aromatic N) is 3. The van der Waals surface area contributed by atoms with Crippen molar-refractivity contribution in [1.29, 1.82) is 5.26 Å². The second kappa shape index (κ2) is 8.55. The van der Waals surface area contributed by atoms with Crippen LogP contribution in [0.15, 0.2) is 64.5 Å². The van der Waals surface area contributed by atoms with E-state index in [2.05, 4.69) is 10.3 Å². The minimum absolute atomic E-state index is 0.0898. The summed E-state index contributed by atoms with van der Waals surface area (Å²) in [6, 6.07) is 15.4. The van der Waals surface area contributed by atoms with Gasteiger partial charge in [0.2, 0.25) is 0 Å². The van der Waals surface area contributed by atoms with Gasteiger partial charge >= 0.3 is 0 Å². The molecule has 0 aliphatic rings. The summed E-state index contributed by atoms with van der Waals surface area (Å²) in [5.74, 6) is 0. The Hall–Kier alpha value is -2.50. The molecule has 2 aromatic carbocycles. The lowest BCUT2D eigenvalue weighted by Crippen LogP contribution is -2.30. The van der Waals surface area contributed by atoms with Gasteiger partial charge < -0.3 is 0 Å². The SMILES string of the molecule is CCN(c1ccccc1)S(=O)(=O)c1ccccc1N=C(NC#N)SC. The van der Waals surface area contributed by atoms with E-state index >= 15 is 0 Å². The molecule has 2 rings (SSSR count). The van der Waals surface area contributed by atoms with Crippen molar-refractivity contribution in [2.24, 2.45) is 4.99 Å². The summed E-state index contributed by atoms with van der Waals surface area (Å²) in [5.41, 5.74) is 0.869. The molecule has 2 aromatic rings. The maximum absolute atomic E-state index is 13.2. The van der Waals surface area contributed by atoms with Crippen LogP contribution in [0.1, 0.15) is 6.92 Å². The molecule has 0 heterocycles. The molecule has 0 bridgehead atoms. The third-order valence-corrected chi connectivity index (χ3v) is 5.87. The monoisotopic (exact) mass is 374 g/mol. The number of nitrogens with one attached hydrogen (secondary N) is 1. The Morgan fingerprint density at radius 2 is 1.84 bits per heavy atom. The number of rotatable bonds is 5. The average Bonchev–Trinajstić information content (AvgIpc) is 2.63. The van der Waals surface area contributed by atoms with Gasteiger partial charge in [0.05, 0.1) is 11.4 Å². The van der Waals surface area contributed by atoms with Crippen LogP contribution in [-0.4, -0.2) is 26.4 Å². The number of hydrogen-bond acceptors (Lipinski definition) is 5. The highest BCUT2D eigenvalue weighted by Crippen LogP contribution is 2.30. The molecule has 0 unspecified atom stereocenters. The zero-order valence-corrected chi connectivity index (χ0v) is 15.5. The largest absolute Gasteiger partial charge is 0.271 e. The molecule has 25 heavy (non-hydrogen) atoms. The van der Waals surface area contributed by atoms with Crippen molar-refractivity contribution in [3.05, 3.63) is 54.6 Å². The molecular formula is C17H18N4O2S2. The van der Waals surface area contributed by atoms with Crippen molar-refractivity contribution >= 4 is 38.3 Å². The zero-order valence-electron chi connectivity index (χ0n) is 13.9. The summed E-state index contributed by atoms with van der Waals surface area (Å²) < 4.78 is 27.7. The summed E-state index contributed by atoms with van der Waals surface area (Å²) in [6.45, 7) is 2.07. The Balaban J connectivity index is 2.55. The zero-order chi connectivity index (χ0) is 18.3. The lowest BCUT2D eigenvalue weighted by molar-refractivity contribution is 0.592. The molecule has 8 heteroatoms. The molecule has 130 valence electrons. The predicted octanol–water partition coefficient (Wildman–Crippen LogP) is 3.32. The summed E-state index contributed by atoms with van der Waals surface area (Å²) >= 11 is 1.23. The van der Waals surface area contributed by atoms with Crippen LogP contribution < -0.4 is 9.62 Å². The summed E-state index contributed by atoms with van der Waals surface area (Å²) in [5, 5.41) is 11.5. The van der Waals surface area contributed by atoms with E-state index in [4.69, 9.17) is 5.26 Å².